The van der Waals surface area contributed by atoms with Gasteiger partial charge in [0.2, 0.25) is 0 Å². The fourth-order valence-corrected chi connectivity index (χ4v) is 1.87. The van der Waals surface area contributed by atoms with Gasteiger partial charge in [-0.15, -0.1) is 0 Å². The van der Waals surface area contributed by atoms with Crippen molar-refractivity contribution in [2.45, 2.75) is 44.3 Å². The Kier molecular flexibility index (Phi) is 5.67. The van der Waals surface area contributed by atoms with Gasteiger partial charge in [-0.1, -0.05) is 0 Å². The van der Waals surface area contributed by atoms with Crippen molar-refractivity contribution in [2.24, 2.45) is 5.92 Å². The minimum Gasteiger partial charge on any atom is -0.337 e. The van der Waals surface area contributed by atoms with Crippen LogP contribution < -0.4 is 0 Å². The molecule has 1 aliphatic rings. The second-order valence-electron chi connectivity index (χ2n) is 5.59. The van der Waals surface area contributed by atoms with Crippen molar-refractivity contribution < 1.29 is 29.2 Å². The van der Waals surface area contributed by atoms with Gasteiger partial charge in [-0.3, -0.25) is 40.5 Å². The molecule has 0 saturated heterocycles. The first-order chi connectivity index (χ1) is 11.0. The Hall–Kier alpha value is -2.48. The Morgan fingerprint density at radius 1 is 0.917 bits per heavy atom. The lowest BCUT2D eigenvalue weighted by Gasteiger charge is -2.20. The molecule has 136 valence electrons. The quantitative estimate of drug-likeness (QED) is 0.283. The SMILES string of the molecule is CC(OCC(C)([N+](=O)[O-])[N+](=O)[O-])OCC(C1CC1)([N+](=O)[O-])[N+](=O)[O-]. The average molecular weight is 352 g/mol. The number of rotatable bonds is 11. The third-order valence-electron chi connectivity index (χ3n) is 3.77. The van der Waals surface area contributed by atoms with Gasteiger partial charge < -0.3 is 9.47 Å². The predicted molar refractivity (Wildman–Crippen MR) is 73.2 cm³/mol. The topological polar surface area (TPSA) is 191 Å². The molecular weight excluding hydrogens is 336 g/mol. The maximum absolute atomic E-state index is 11.1. The summed E-state index contributed by atoms with van der Waals surface area (Å²) >= 11 is 0. The summed E-state index contributed by atoms with van der Waals surface area (Å²) < 4.78 is 9.77. The molecule has 14 nitrogen and oxygen atoms in total. The summed E-state index contributed by atoms with van der Waals surface area (Å²) in [6.07, 6.45) is -0.731. The summed E-state index contributed by atoms with van der Waals surface area (Å²) in [4.78, 5) is 39.3. The molecule has 1 fully saturated rings. The van der Waals surface area contributed by atoms with E-state index in [2.05, 4.69) is 0 Å². The van der Waals surface area contributed by atoms with Gasteiger partial charge in [0.1, 0.15) is 25.6 Å². The molecule has 1 aliphatic carbocycles. The molecule has 0 amide bonds. The lowest BCUT2D eigenvalue weighted by Crippen LogP contribution is -2.53. The van der Waals surface area contributed by atoms with Crippen LogP contribution >= 0.6 is 0 Å². The Morgan fingerprint density at radius 3 is 1.67 bits per heavy atom. The van der Waals surface area contributed by atoms with Crippen LogP contribution in [0.1, 0.15) is 26.7 Å². The average Bonchev–Trinajstić information content (AvgIpc) is 3.29. The van der Waals surface area contributed by atoms with Crippen LogP contribution in [0.5, 0.6) is 0 Å². The molecule has 0 N–H and O–H groups in total. The van der Waals surface area contributed by atoms with Crippen molar-refractivity contribution in [1.82, 2.24) is 0 Å². The lowest BCUT2D eigenvalue weighted by atomic mass is 10.1. The summed E-state index contributed by atoms with van der Waals surface area (Å²) in [5, 5.41) is 43.7. The second-order valence-corrected chi connectivity index (χ2v) is 5.59. The molecule has 1 unspecified atom stereocenters. The molecule has 1 atom stereocenters. The lowest BCUT2D eigenvalue weighted by molar-refractivity contribution is -0.805. The molecule has 1 rings (SSSR count). The maximum Gasteiger partial charge on any atom is 0.483 e. The van der Waals surface area contributed by atoms with E-state index < -0.39 is 56.4 Å². The zero-order valence-electron chi connectivity index (χ0n) is 12.9. The van der Waals surface area contributed by atoms with Crippen LogP contribution in [-0.4, -0.2) is 50.5 Å². The molecule has 0 bridgehead atoms. The van der Waals surface area contributed by atoms with E-state index in [0.29, 0.717) is 12.8 Å². The van der Waals surface area contributed by atoms with Crippen molar-refractivity contribution in [3.8, 4) is 0 Å². The van der Waals surface area contributed by atoms with Gasteiger partial charge in [0.05, 0.1) is 6.92 Å². The Bertz CT molecular complexity index is 520. The molecular formula is C10H16N4O10. The Morgan fingerprint density at radius 2 is 1.33 bits per heavy atom. The predicted octanol–water partition coefficient (Wildman–Crippen LogP) is 0.295. The van der Waals surface area contributed by atoms with Crippen molar-refractivity contribution in [3.63, 3.8) is 0 Å². The van der Waals surface area contributed by atoms with E-state index in [1.165, 1.54) is 6.92 Å². The van der Waals surface area contributed by atoms with Crippen molar-refractivity contribution in [2.75, 3.05) is 13.2 Å². The number of hydrogen-bond acceptors (Lipinski definition) is 10. The molecule has 24 heavy (non-hydrogen) atoms. The summed E-state index contributed by atoms with van der Waals surface area (Å²) in [6.45, 7) is 0.0219. The van der Waals surface area contributed by atoms with Crippen molar-refractivity contribution >= 4 is 0 Å². The maximum atomic E-state index is 11.1. The zero-order valence-corrected chi connectivity index (χ0v) is 12.9. The van der Waals surface area contributed by atoms with E-state index in [0.717, 1.165) is 6.92 Å². The molecule has 0 aromatic carbocycles. The summed E-state index contributed by atoms with van der Waals surface area (Å²) in [5.74, 6) is -0.780. The highest BCUT2D eigenvalue weighted by molar-refractivity contribution is 4.88. The van der Waals surface area contributed by atoms with Crippen LogP contribution in [-0.2, 0) is 9.47 Å². The standard InChI is InChI=1S/C10H16N4O10/c1-7(23-5-9(2,11(15)16)12(17)18)24-6-10(13(19)20,14(21)22)8-3-4-8/h7-8H,3-6H2,1-2H3. The first-order valence-electron chi connectivity index (χ1n) is 6.79. The van der Waals surface area contributed by atoms with Crippen LogP contribution in [0.25, 0.3) is 0 Å². The molecule has 0 spiro atoms. The number of nitrogens with zero attached hydrogens (tertiary/aromatic N) is 4. The molecule has 0 aliphatic heterocycles. The molecule has 0 aromatic heterocycles. The molecule has 0 radical (unpaired) electrons. The molecule has 1 saturated carbocycles. The monoisotopic (exact) mass is 352 g/mol. The van der Waals surface area contributed by atoms with Crippen LogP contribution in [0.4, 0.5) is 0 Å². The van der Waals surface area contributed by atoms with E-state index >= 15 is 0 Å². The summed E-state index contributed by atoms with van der Waals surface area (Å²) in [7, 11) is 0. The largest absolute Gasteiger partial charge is 0.483 e. The van der Waals surface area contributed by atoms with Crippen LogP contribution in [0.3, 0.4) is 0 Å². The molecule has 0 aromatic rings. The highest BCUT2D eigenvalue weighted by Gasteiger charge is 2.67. The minimum atomic E-state index is -2.63. The van der Waals surface area contributed by atoms with Crippen LogP contribution in [0.15, 0.2) is 0 Å². The first kappa shape index (κ1) is 19.6. The van der Waals surface area contributed by atoms with Gasteiger partial charge in [0.15, 0.2) is 19.5 Å². The first-order valence-corrected chi connectivity index (χ1v) is 6.79. The fraction of sp³-hybridized carbons (Fsp3) is 1.00. The normalized spacial score (nSPS) is 16.4. The van der Waals surface area contributed by atoms with E-state index in [1.807, 2.05) is 0 Å². The van der Waals surface area contributed by atoms with Gasteiger partial charge in [-0.05, 0) is 19.8 Å². The highest BCUT2D eigenvalue weighted by Crippen LogP contribution is 2.42. The van der Waals surface area contributed by atoms with Crippen LogP contribution in [0, 0.1) is 46.4 Å². The number of ether oxygens (including phenoxy) is 2. The third-order valence-corrected chi connectivity index (χ3v) is 3.77. The third kappa shape index (κ3) is 3.70. The van der Waals surface area contributed by atoms with Crippen molar-refractivity contribution in [3.05, 3.63) is 40.5 Å². The number of nitro groups is 4. The molecule has 0 heterocycles. The summed E-state index contributed by atoms with van der Waals surface area (Å²) in [6, 6.07) is 0. The van der Waals surface area contributed by atoms with Gasteiger partial charge in [0.25, 0.3) is 0 Å². The Balaban J connectivity index is 2.69. The summed E-state index contributed by atoms with van der Waals surface area (Å²) in [5.41, 5.74) is -5.15. The minimum absolute atomic E-state index is 0.307. The fourth-order valence-electron chi connectivity index (χ4n) is 1.87. The van der Waals surface area contributed by atoms with Gasteiger partial charge >= 0.3 is 11.3 Å². The zero-order chi connectivity index (χ0) is 18.7. The van der Waals surface area contributed by atoms with Crippen LogP contribution in [0.2, 0.25) is 0 Å². The van der Waals surface area contributed by atoms with Gasteiger partial charge in [0, 0.05) is 0 Å². The smallest absolute Gasteiger partial charge is 0.337 e. The van der Waals surface area contributed by atoms with E-state index in [4.69, 9.17) is 9.47 Å². The highest BCUT2D eigenvalue weighted by atomic mass is 16.7. The van der Waals surface area contributed by atoms with Gasteiger partial charge in [-0.25, -0.2) is 0 Å². The number of hydrogen-bond donors (Lipinski definition) is 0. The second kappa shape index (κ2) is 6.96. The van der Waals surface area contributed by atoms with E-state index in [-0.39, 0.29) is 0 Å². The van der Waals surface area contributed by atoms with E-state index in [1.54, 1.807) is 0 Å². The Labute approximate surface area is 134 Å². The van der Waals surface area contributed by atoms with E-state index in [9.17, 15) is 40.5 Å². The van der Waals surface area contributed by atoms with Crippen molar-refractivity contribution in [1.29, 1.82) is 0 Å². The van der Waals surface area contributed by atoms with Gasteiger partial charge in [-0.2, -0.15) is 0 Å². The molecule has 14 heteroatoms.